The zero-order chi connectivity index (χ0) is 13.1. The standard InChI is InChI=1S/C14H16N4O/c19-14(6-10-8-15-9-10)17-12-3-1-2-11(7-12)13-4-5-16-18-13/h1-5,7,10,15H,6,8-9H2,(H,16,18)(H,17,19). The van der Waals surface area contributed by atoms with Crippen molar-refractivity contribution < 1.29 is 4.79 Å². The lowest BCUT2D eigenvalue weighted by molar-refractivity contribution is -0.117. The Kier molecular flexibility index (Phi) is 3.29. The summed E-state index contributed by atoms with van der Waals surface area (Å²) in [5.74, 6) is 0.559. The Labute approximate surface area is 111 Å². The Hall–Kier alpha value is -2.14. The lowest BCUT2D eigenvalue weighted by atomic mass is 9.99. The Bertz CT molecular complexity index is 561. The molecule has 1 aliphatic rings. The van der Waals surface area contributed by atoms with Gasteiger partial charge in [-0.3, -0.25) is 9.89 Å². The Morgan fingerprint density at radius 3 is 2.95 bits per heavy atom. The van der Waals surface area contributed by atoms with Gasteiger partial charge in [-0.1, -0.05) is 12.1 Å². The molecule has 0 bridgehead atoms. The van der Waals surface area contributed by atoms with Crippen molar-refractivity contribution in [3.8, 4) is 11.3 Å². The second kappa shape index (κ2) is 5.24. The van der Waals surface area contributed by atoms with Gasteiger partial charge in [0.05, 0.1) is 5.69 Å². The van der Waals surface area contributed by atoms with Crippen LogP contribution >= 0.6 is 0 Å². The number of nitrogens with zero attached hydrogens (tertiary/aromatic N) is 1. The minimum atomic E-state index is 0.0771. The summed E-state index contributed by atoms with van der Waals surface area (Å²) in [6.07, 6.45) is 2.30. The molecule has 0 unspecified atom stereocenters. The maximum atomic E-state index is 11.9. The summed E-state index contributed by atoms with van der Waals surface area (Å²) in [6, 6.07) is 9.66. The van der Waals surface area contributed by atoms with Crippen molar-refractivity contribution in [2.24, 2.45) is 5.92 Å². The zero-order valence-corrected chi connectivity index (χ0v) is 10.5. The highest BCUT2D eigenvalue weighted by Crippen LogP contribution is 2.20. The summed E-state index contributed by atoms with van der Waals surface area (Å²) in [5, 5.41) is 13.0. The SMILES string of the molecule is O=C(CC1CNC1)Nc1cccc(-c2ccn[nH]2)c1. The monoisotopic (exact) mass is 256 g/mol. The predicted octanol–water partition coefficient (Wildman–Crippen LogP) is 1.62. The number of hydrogen-bond acceptors (Lipinski definition) is 3. The van der Waals surface area contributed by atoms with E-state index in [0.717, 1.165) is 30.0 Å². The molecule has 1 aromatic heterocycles. The van der Waals surface area contributed by atoms with Gasteiger partial charge in [0.25, 0.3) is 0 Å². The molecule has 5 heteroatoms. The maximum absolute atomic E-state index is 11.9. The van der Waals surface area contributed by atoms with E-state index in [1.807, 2.05) is 30.3 Å². The molecule has 98 valence electrons. The average Bonchev–Trinajstić information content (AvgIpc) is 2.88. The maximum Gasteiger partial charge on any atom is 0.224 e. The molecule has 5 nitrogen and oxygen atoms in total. The molecule has 0 radical (unpaired) electrons. The third-order valence-electron chi connectivity index (χ3n) is 3.30. The van der Waals surface area contributed by atoms with E-state index in [-0.39, 0.29) is 5.91 Å². The number of aromatic amines is 1. The lowest BCUT2D eigenvalue weighted by Crippen LogP contribution is -2.43. The van der Waals surface area contributed by atoms with Crippen LogP contribution in [-0.2, 0) is 4.79 Å². The minimum absolute atomic E-state index is 0.0771. The van der Waals surface area contributed by atoms with Crippen LogP contribution < -0.4 is 10.6 Å². The molecule has 3 N–H and O–H groups in total. The van der Waals surface area contributed by atoms with Gasteiger partial charge in [0.1, 0.15) is 0 Å². The van der Waals surface area contributed by atoms with Crippen LogP contribution in [0, 0.1) is 5.92 Å². The molecular weight excluding hydrogens is 240 g/mol. The number of hydrogen-bond donors (Lipinski definition) is 3. The van der Waals surface area contributed by atoms with Gasteiger partial charge in [0.15, 0.2) is 0 Å². The molecule has 0 aliphatic carbocycles. The van der Waals surface area contributed by atoms with Crippen LogP contribution in [0.5, 0.6) is 0 Å². The molecule has 19 heavy (non-hydrogen) atoms. The quantitative estimate of drug-likeness (QED) is 0.778. The summed E-state index contributed by atoms with van der Waals surface area (Å²) in [6.45, 7) is 1.89. The number of rotatable bonds is 4. The Morgan fingerprint density at radius 1 is 1.37 bits per heavy atom. The van der Waals surface area contributed by atoms with E-state index in [2.05, 4.69) is 20.8 Å². The largest absolute Gasteiger partial charge is 0.326 e. The van der Waals surface area contributed by atoms with Crippen LogP contribution in [0.15, 0.2) is 36.5 Å². The topological polar surface area (TPSA) is 69.8 Å². The molecule has 2 heterocycles. The minimum Gasteiger partial charge on any atom is -0.326 e. The van der Waals surface area contributed by atoms with Gasteiger partial charge in [-0.2, -0.15) is 5.10 Å². The van der Waals surface area contributed by atoms with Crippen LogP contribution in [0.1, 0.15) is 6.42 Å². The molecule has 1 saturated heterocycles. The van der Waals surface area contributed by atoms with Gasteiger partial charge in [0.2, 0.25) is 5.91 Å². The van der Waals surface area contributed by atoms with Crippen LogP contribution in [0.25, 0.3) is 11.3 Å². The number of anilines is 1. The van der Waals surface area contributed by atoms with Gasteiger partial charge < -0.3 is 10.6 Å². The van der Waals surface area contributed by atoms with Crippen molar-refractivity contribution in [1.29, 1.82) is 0 Å². The first kappa shape index (κ1) is 11.9. The number of aromatic nitrogens is 2. The van der Waals surface area contributed by atoms with Crippen molar-refractivity contribution in [3.63, 3.8) is 0 Å². The molecule has 1 aromatic carbocycles. The van der Waals surface area contributed by atoms with E-state index in [9.17, 15) is 4.79 Å². The molecule has 1 aliphatic heterocycles. The fourth-order valence-corrected chi connectivity index (χ4v) is 2.15. The second-order valence-corrected chi connectivity index (χ2v) is 4.83. The normalized spacial score (nSPS) is 14.9. The molecule has 1 fully saturated rings. The van der Waals surface area contributed by atoms with E-state index in [0.29, 0.717) is 12.3 Å². The van der Waals surface area contributed by atoms with E-state index in [4.69, 9.17) is 0 Å². The van der Waals surface area contributed by atoms with Gasteiger partial charge >= 0.3 is 0 Å². The third kappa shape index (κ3) is 2.82. The first-order valence-electron chi connectivity index (χ1n) is 6.41. The number of carbonyl (C=O) groups excluding carboxylic acids is 1. The van der Waals surface area contributed by atoms with Crippen molar-refractivity contribution >= 4 is 11.6 Å². The van der Waals surface area contributed by atoms with Crippen LogP contribution in [0.3, 0.4) is 0 Å². The van der Waals surface area contributed by atoms with E-state index in [1.165, 1.54) is 0 Å². The van der Waals surface area contributed by atoms with E-state index >= 15 is 0 Å². The third-order valence-corrected chi connectivity index (χ3v) is 3.30. The number of nitrogens with one attached hydrogen (secondary N) is 3. The summed E-state index contributed by atoms with van der Waals surface area (Å²) < 4.78 is 0. The van der Waals surface area contributed by atoms with Crippen LogP contribution in [-0.4, -0.2) is 29.2 Å². The molecule has 2 aromatic rings. The summed E-state index contributed by atoms with van der Waals surface area (Å²) in [4.78, 5) is 11.9. The highest BCUT2D eigenvalue weighted by atomic mass is 16.1. The van der Waals surface area contributed by atoms with Gasteiger partial charge in [-0.25, -0.2) is 0 Å². The molecular formula is C14H16N4O. The molecule has 1 amide bonds. The van der Waals surface area contributed by atoms with E-state index in [1.54, 1.807) is 6.20 Å². The van der Waals surface area contributed by atoms with Crippen molar-refractivity contribution in [1.82, 2.24) is 15.5 Å². The second-order valence-electron chi connectivity index (χ2n) is 4.83. The fourth-order valence-electron chi connectivity index (χ4n) is 2.15. The van der Waals surface area contributed by atoms with Crippen LogP contribution in [0.2, 0.25) is 0 Å². The number of amides is 1. The number of benzene rings is 1. The zero-order valence-electron chi connectivity index (χ0n) is 10.5. The predicted molar refractivity (Wildman–Crippen MR) is 73.6 cm³/mol. The Balaban J connectivity index is 1.67. The van der Waals surface area contributed by atoms with Gasteiger partial charge in [-0.05, 0) is 37.2 Å². The van der Waals surface area contributed by atoms with Crippen molar-refractivity contribution in [3.05, 3.63) is 36.5 Å². The first-order valence-corrected chi connectivity index (χ1v) is 6.41. The summed E-state index contributed by atoms with van der Waals surface area (Å²) >= 11 is 0. The fraction of sp³-hybridized carbons (Fsp3) is 0.286. The van der Waals surface area contributed by atoms with Crippen LogP contribution in [0.4, 0.5) is 5.69 Å². The number of carbonyl (C=O) groups is 1. The molecule has 0 saturated carbocycles. The Morgan fingerprint density at radius 2 is 2.26 bits per heavy atom. The van der Waals surface area contributed by atoms with E-state index < -0.39 is 0 Å². The van der Waals surface area contributed by atoms with Crippen molar-refractivity contribution in [2.45, 2.75) is 6.42 Å². The van der Waals surface area contributed by atoms with Gasteiger partial charge in [-0.15, -0.1) is 0 Å². The molecule has 3 rings (SSSR count). The smallest absolute Gasteiger partial charge is 0.224 e. The molecule has 0 spiro atoms. The summed E-state index contributed by atoms with van der Waals surface area (Å²) in [5.41, 5.74) is 2.78. The number of H-pyrrole nitrogens is 1. The first-order chi connectivity index (χ1) is 9.31. The summed E-state index contributed by atoms with van der Waals surface area (Å²) in [7, 11) is 0. The highest BCUT2D eigenvalue weighted by Gasteiger charge is 2.20. The van der Waals surface area contributed by atoms with Crippen molar-refractivity contribution in [2.75, 3.05) is 18.4 Å². The lowest BCUT2D eigenvalue weighted by Gasteiger charge is -2.26. The average molecular weight is 256 g/mol. The highest BCUT2D eigenvalue weighted by molar-refractivity contribution is 5.91. The van der Waals surface area contributed by atoms with Gasteiger partial charge in [0, 0.05) is 23.9 Å². The molecule has 0 atom stereocenters.